The monoisotopic (exact) mass is 380 g/mol. The van der Waals surface area contributed by atoms with Gasteiger partial charge in [-0.3, -0.25) is 9.59 Å². The van der Waals surface area contributed by atoms with Gasteiger partial charge >= 0.3 is 5.97 Å². The minimum absolute atomic E-state index is 0.00909. The maximum Gasteiger partial charge on any atom is 0.326 e. The number of thiophene rings is 1. The summed E-state index contributed by atoms with van der Waals surface area (Å²) in [6.45, 7) is 2.07. The lowest BCUT2D eigenvalue weighted by Crippen LogP contribution is -2.23. The van der Waals surface area contributed by atoms with Crippen molar-refractivity contribution in [1.82, 2.24) is 4.57 Å². The molecule has 0 aliphatic rings. The molecule has 3 rings (SSSR count). The molecule has 1 aromatic carbocycles. The summed E-state index contributed by atoms with van der Waals surface area (Å²) < 4.78 is 8.19. The molecule has 0 spiro atoms. The predicted molar refractivity (Wildman–Crippen MR) is 95.7 cm³/mol. The van der Waals surface area contributed by atoms with Crippen LogP contribution in [0.1, 0.15) is 16.6 Å². The molecule has 2 heterocycles. The van der Waals surface area contributed by atoms with Crippen molar-refractivity contribution in [3.05, 3.63) is 50.4 Å². The van der Waals surface area contributed by atoms with Gasteiger partial charge in [-0.25, -0.2) is 0 Å². The lowest BCUT2D eigenvalue weighted by molar-refractivity contribution is -0.143. The number of rotatable bonds is 4. The first-order valence-corrected chi connectivity index (χ1v) is 9.18. The van der Waals surface area contributed by atoms with Crippen molar-refractivity contribution in [2.24, 2.45) is 4.99 Å². The average Bonchev–Trinajstić information content (AvgIpc) is 3.12. The summed E-state index contributed by atoms with van der Waals surface area (Å²) in [6, 6.07) is 10.9. The third-order valence-corrected chi connectivity index (χ3v) is 5.44. The molecule has 1 amide bonds. The summed E-state index contributed by atoms with van der Waals surface area (Å²) in [5.74, 6) is -0.745. The standard InChI is InChI=1S/C16H13ClN2O3S2/c1-2-22-14(20)9-19-10-5-3-4-6-11(10)24-16(19)18-15(21)12-7-8-13(17)23-12/h3-8H,2,9H2,1H3/b18-16+. The van der Waals surface area contributed by atoms with Crippen LogP contribution in [0.15, 0.2) is 41.4 Å². The molecule has 0 saturated heterocycles. The number of aromatic nitrogens is 1. The summed E-state index contributed by atoms with van der Waals surface area (Å²) in [7, 11) is 0. The largest absolute Gasteiger partial charge is 0.465 e. The number of para-hydroxylation sites is 1. The van der Waals surface area contributed by atoms with Gasteiger partial charge < -0.3 is 9.30 Å². The van der Waals surface area contributed by atoms with E-state index in [1.807, 2.05) is 24.3 Å². The first kappa shape index (κ1) is 16.9. The summed E-state index contributed by atoms with van der Waals surface area (Å²) in [4.78, 5) is 29.3. The summed E-state index contributed by atoms with van der Waals surface area (Å²) >= 11 is 8.40. The zero-order valence-corrected chi connectivity index (χ0v) is 15.1. The topological polar surface area (TPSA) is 60.7 Å². The molecule has 0 radical (unpaired) electrons. The molecule has 0 fully saturated rings. The molecule has 3 aromatic rings. The van der Waals surface area contributed by atoms with Crippen LogP contribution in [0.4, 0.5) is 0 Å². The number of nitrogens with zero attached hydrogens (tertiary/aromatic N) is 2. The highest BCUT2D eigenvalue weighted by atomic mass is 35.5. The van der Waals surface area contributed by atoms with Crippen molar-refractivity contribution in [1.29, 1.82) is 0 Å². The van der Waals surface area contributed by atoms with Gasteiger partial charge in [0.1, 0.15) is 6.54 Å². The number of benzene rings is 1. The first-order chi connectivity index (χ1) is 11.6. The average molecular weight is 381 g/mol. The summed E-state index contributed by atoms with van der Waals surface area (Å²) in [5, 5.41) is 0. The fourth-order valence-electron chi connectivity index (χ4n) is 2.17. The predicted octanol–water partition coefficient (Wildman–Crippen LogP) is 3.72. The van der Waals surface area contributed by atoms with E-state index in [9.17, 15) is 9.59 Å². The van der Waals surface area contributed by atoms with Gasteiger partial charge in [0.2, 0.25) is 0 Å². The highest BCUT2D eigenvalue weighted by Gasteiger charge is 2.13. The Morgan fingerprint density at radius 3 is 2.71 bits per heavy atom. The van der Waals surface area contributed by atoms with Gasteiger partial charge in [-0.2, -0.15) is 4.99 Å². The van der Waals surface area contributed by atoms with Gasteiger partial charge in [-0.15, -0.1) is 11.3 Å². The molecule has 0 aliphatic carbocycles. The maximum absolute atomic E-state index is 12.3. The van der Waals surface area contributed by atoms with E-state index in [0.29, 0.717) is 20.6 Å². The van der Waals surface area contributed by atoms with E-state index in [1.165, 1.54) is 22.7 Å². The SMILES string of the molecule is CCOC(=O)Cn1/c(=N\C(=O)c2ccc(Cl)s2)sc2ccccc21. The molecule has 8 heteroatoms. The Balaban J connectivity index is 2.07. The third kappa shape index (κ3) is 3.58. The fourth-order valence-corrected chi connectivity index (χ4v) is 4.12. The normalized spacial score (nSPS) is 11.8. The quantitative estimate of drug-likeness (QED) is 0.648. The van der Waals surface area contributed by atoms with E-state index in [1.54, 1.807) is 23.6 Å². The van der Waals surface area contributed by atoms with E-state index >= 15 is 0 Å². The molecule has 0 unspecified atom stereocenters. The zero-order valence-electron chi connectivity index (χ0n) is 12.7. The highest BCUT2D eigenvalue weighted by Crippen LogP contribution is 2.22. The Bertz CT molecular complexity index is 971. The van der Waals surface area contributed by atoms with E-state index in [-0.39, 0.29) is 18.4 Å². The maximum atomic E-state index is 12.3. The molecule has 2 aromatic heterocycles. The Kier molecular flexibility index (Phi) is 5.13. The molecule has 5 nitrogen and oxygen atoms in total. The third-order valence-electron chi connectivity index (χ3n) is 3.16. The lowest BCUT2D eigenvalue weighted by Gasteiger charge is -2.04. The minimum atomic E-state index is -0.379. The number of carbonyl (C=O) groups excluding carboxylic acids is 2. The number of fused-ring (bicyclic) bond motifs is 1. The lowest BCUT2D eigenvalue weighted by atomic mass is 10.3. The Morgan fingerprint density at radius 1 is 1.21 bits per heavy atom. The fraction of sp³-hybridized carbons (Fsp3) is 0.188. The van der Waals surface area contributed by atoms with Gasteiger partial charge in [0.05, 0.1) is 26.0 Å². The minimum Gasteiger partial charge on any atom is -0.465 e. The van der Waals surface area contributed by atoms with Crippen LogP contribution in [-0.4, -0.2) is 23.1 Å². The number of hydrogen-bond donors (Lipinski definition) is 0. The number of halogens is 1. The first-order valence-electron chi connectivity index (χ1n) is 7.17. The van der Waals surface area contributed by atoms with Crippen molar-refractivity contribution >= 4 is 56.4 Å². The molecule has 0 aliphatic heterocycles. The second-order valence-corrected chi connectivity index (χ2v) is 7.49. The smallest absolute Gasteiger partial charge is 0.326 e. The van der Waals surface area contributed by atoms with Gasteiger partial charge in [-0.1, -0.05) is 35.1 Å². The molecule has 124 valence electrons. The number of thiazole rings is 1. The molecule has 0 atom stereocenters. The number of hydrogen-bond acceptors (Lipinski definition) is 5. The Morgan fingerprint density at radius 2 is 2.00 bits per heavy atom. The van der Waals surface area contributed by atoms with Crippen LogP contribution in [0.2, 0.25) is 4.34 Å². The van der Waals surface area contributed by atoms with Crippen LogP contribution in [0, 0.1) is 0 Å². The van der Waals surface area contributed by atoms with Crippen molar-refractivity contribution in [2.75, 3.05) is 6.61 Å². The van der Waals surface area contributed by atoms with Crippen LogP contribution < -0.4 is 4.80 Å². The van der Waals surface area contributed by atoms with Gasteiger partial charge in [0, 0.05) is 0 Å². The van der Waals surface area contributed by atoms with E-state index in [4.69, 9.17) is 16.3 Å². The van der Waals surface area contributed by atoms with Crippen molar-refractivity contribution in [2.45, 2.75) is 13.5 Å². The van der Waals surface area contributed by atoms with Crippen LogP contribution in [0.25, 0.3) is 10.2 Å². The van der Waals surface area contributed by atoms with Gasteiger partial charge in [0.25, 0.3) is 5.91 Å². The molecule has 24 heavy (non-hydrogen) atoms. The number of esters is 1. The highest BCUT2D eigenvalue weighted by molar-refractivity contribution is 7.18. The van der Waals surface area contributed by atoms with Crippen LogP contribution in [0.3, 0.4) is 0 Å². The number of ether oxygens (including phenoxy) is 1. The molecule has 0 bridgehead atoms. The number of carbonyl (C=O) groups is 2. The molecular formula is C16H13ClN2O3S2. The second-order valence-electron chi connectivity index (χ2n) is 4.76. The zero-order chi connectivity index (χ0) is 17.1. The van der Waals surface area contributed by atoms with Crippen LogP contribution in [-0.2, 0) is 16.1 Å². The number of amides is 1. The molecule has 0 N–H and O–H groups in total. The summed E-state index contributed by atoms with van der Waals surface area (Å²) in [5.41, 5.74) is 0.839. The molecular weight excluding hydrogens is 368 g/mol. The van der Waals surface area contributed by atoms with E-state index < -0.39 is 0 Å². The van der Waals surface area contributed by atoms with Gasteiger partial charge in [0.15, 0.2) is 4.80 Å². The Labute approximate surface area is 150 Å². The van der Waals surface area contributed by atoms with Crippen molar-refractivity contribution in [3.63, 3.8) is 0 Å². The summed E-state index contributed by atoms with van der Waals surface area (Å²) in [6.07, 6.45) is 0. The van der Waals surface area contributed by atoms with Crippen LogP contribution in [0.5, 0.6) is 0 Å². The van der Waals surface area contributed by atoms with E-state index in [0.717, 1.165) is 10.2 Å². The molecule has 0 saturated carbocycles. The van der Waals surface area contributed by atoms with Crippen molar-refractivity contribution < 1.29 is 14.3 Å². The second kappa shape index (κ2) is 7.29. The van der Waals surface area contributed by atoms with Crippen LogP contribution >= 0.6 is 34.3 Å². The van der Waals surface area contributed by atoms with Crippen molar-refractivity contribution in [3.8, 4) is 0 Å². The Hall–Kier alpha value is -1.96. The van der Waals surface area contributed by atoms with E-state index in [2.05, 4.69) is 4.99 Å². The van der Waals surface area contributed by atoms with Gasteiger partial charge in [-0.05, 0) is 31.2 Å².